The Labute approximate surface area is 119 Å². The van der Waals surface area contributed by atoms with Crippen molar-refractivity contribution in [1.29, 1.82) is 0 Å². The lowest BCUT2D eigenvalue weighted by atomic mass is 10.1. The van der Waals surface area contributed by atoms with Crippen LogP contribution in [0.3, 0.4) is 0 Å². The van der Waals surface area contributed by atoms with Gasteiger partial charge in [0.15, 0.2) is 0 Å². The number of halogens is 1. The van der Waals surface area contributed by atoms with Gasteiger partial charge >= 0.3 is 0 Å². The van der Waals surface area contributed by atoms with Gasteiger partial charge in [0.1, 0.15) is 0 Å². The van der Waals surface area contributed by atoms with E-state index in [0.29, 0.717) is 17.6 Å². The Hall–Kier alpha value is -0.610. The van der Waals surface area contributed by atoms with Crippen molar-refractivity contribution in [2.45, 2.75) is 25.0 Å². The molecular weight excluding hydrogens is 262 g/mol. The summed E-state index contributed by atoms with van der Waals surface area (Å²) in [6, 6.07) is 8.02. The molecule has 19 heavy (non-hydrogen) atoms. The van der Waals surface area contributed by atoms with Crippen LogP contribution in [0.4, 0.5) is 0 Å². The van der Waals surface area contributed by atoms with E-state index >= 15 is 0 Å². The summed E-state index contributed by atoms with van der Waals surface area (Å²) in [4.78, 5) is 2.37. The van der Waals surface area contributed by atoms with Gasteiger partial charge in [-0.05, 0) is 24.8 Å². The molecule has 1 saturated heterocycles. The second-order valence-electron chi connectivity index (χ2n) is 5.51. The fraction of sp³-hybridized carbons (Fsp3) is 0.600. The van der Waals surface area contributed by atoms with E-state index in [9.17, 15) is 5.11 Å². The van der Waals surface area contributed by atoms with Crippen LogP contribution in [0.5, 0.6) is 0 Å². The summed E-state index contributed by atoms with van der Waals surface area (Å²) >= 11 is 6.14. The topological polar surface area (TPSA) is 32.7 Å². The molecule has 1 N–H and O–H groups in total. The van der Waals surface area contributed by atoms with Gasteiger partial charge < -0.3 is 9.84 Å². The summed E-state index contributed by atoms with van der Waals surface area (Å²) in [5, 5.41) is 11.1. The lowest BCUT2D eigenvalue weighted by Gasteiger charge is -2.37. The van der Waals surface area contributed by atoms with Gasteiger partial charge in [-0.3, -0.25) is 4.90 Å². The number of aliphatic hydroxyl groups is 1. The molecule has 2 atom stereocenters. The van der Waals surface area contributed by atoms with E-state index in [1.54, 1.807) is 0 Å². The van der Waals surface area contributed by atoms with Gasteiger partial charge in [-0.1, -0.05) is 29.8 Å². The molecule has 2 aliphatic rings. The van der Waals surface area contributed by atoms with Crippen LogP contribution in [-0.2, 0) is 4.74 Å². The maximum atomic E-state index is 10.4. The second kappa shape index (κ2) is 5.80. The highest BCUT2D eigenvalue weighted by Crippen LogP contribution is 2.37. The highest BCUT2D eigenvalue weighted by Gasteiger charge is 2.37. The molecule has 0 amide bonds. The smallest absolute Gasteiger partial charge is 0.0931 e. The summed E-state index contributed by atoms with van der Waals surface area (Å²) in [7, 11) is 0. The Balaban J connectivity index is 1.67. The molecule has 0 aromatic heterocycles. The summed E-state index contributed by atoms with van der Waals surface area (Å²) < 4.78 is 5.58. The number of β-amino-alcohol motifs (C(OH)–C–C–N with tert-alkyl or cyclic N) is 1. The van der Waals surface area contributed by atoms with E-state index in [1.807, 2.05) is 24.3 Å². The van der Waals surface area contributed by atoms with Crippen LogP contribution in [0.2, 0.25) is 5.02 Å². The molecular formula is C15H20ClNO2. The van der Waals surface area contributed by atoms with Gasteiger partial charge in [0.05, 0.1) is 19.3 Å². The first-order chi connectivity index (χ1) is 9.25. The van der Waals surface area contributed by atoms with Gasteiger partial charge in [0.25, 0.3) is 0 Å². The predicted octanol–water partition coefficient (Wildman–Crippen LogP) is 2.48. The van der Waals surface area contributed by atoms with E-state index < -0.39 is 6.10 Å². The molecule has 3 nitrogen and oxygen atoms in total. The largest absolute Gasteiger partial charge is 0.387 e. The Morgan fingerprint density at radius 1 is 1.37 bits per heavy atom. The molecule has 3 rings (SSSR count). The van der Waals surface area contributed by atoms with Crippen LogP contribution in [0, 0.1) is 5.92 Å². The molecule has 1 heterocycles. The van der Waals surface area contributed by atoms with Crippen LogP contribution in [0.25, 0.3) is 0 Å². The molecule has 1 aromatic rings. The fourth-order valence-electron chi connectivity index (χ4n) is 2.86. The zero-order valence-electron chi connectivity index (χ0n) is 11.0. The third kappa shape index (κ3) is 3.11. The van der Waals surface area contributed by atoms with Crippen molar-refractivity contribution in [3.05, 3.63) is 34.9 Å². The van der Waals surface area contributed by atoms with Gasteiger partial charge in [0, 0.05) is 29.7 Å². The number of hydrogen-bond acceptors (Lipinski definition) is 3. The number of benzene rings is 1. The molecule has 0 radical (unpaired) electrons. The minimum Gasteiger partial charge on any atom is -0.387 e. The van der Waals surface area contributed by atoms with E-state index in [2.05, 4.69) is 4.90 Å². The highest BCUT2D eigenvalue weighted by molar-refractivity contribution is 6.31. The van der Waals surface area contributed by atoms with E-state index in [1.165, 1.54) is 12.8 Å². The van der Waals surface area contributed by atoms with Crippen LogP contribution in [-0.4, -0.2) is 42.4 Å². The average Bonchev–Trinajstić information content (AvgIpc) is 3.24. The normalized spacial score (nSPS) is 26.3. The average molecular weight is 282 g/mol. The summed E-state index contributed by atoms with van der Waals surface area (Å²) in [6.45, 7) is 3.12. The molecule has 2 unspecified atom stereocenters. The van der Waals surface area contributed by atoms with Gasteiger partial charge in [-0.15, -0.1) is 0 Å². The lowest BCUT2D eigenvalue weighted by molar-refractivity contribution is -0.0340. The second-order valence-corrected chi connectivity index (χ2v) is 5.92. The number of rotatable bonds is 4. The zero-order valence-corrected chi connectivity index (χ0v) is 11.7. The molecule has 104 valence electrons. The molecule has 0 bridgehead atoms. The monoisotopic (exact) mass is 281 g/mol. The number of nitrogens with zero attached hydrogens (tertiary/aromatic N) is 1. The summed E-state index contributed by atoms with van der Waals surface area (Å²) in [6.07, 6.45) is 2.08. The Morgan fingerprint density at radius 3 is 2.89 bits per heavy atom. The van der Waals surface area contributed by atoms with Crippen LogP contribution < -0.4 is 0 Å². The quantitative estimate of drug-likeness (QED) is 0.920. The zero-order chi connectivity index (χ0) is 13.2. The predicted molar refractivity (Wildman–Crippen MR) is 75.3 cm³/mol. The SMILES string of the molecule is OC(CN1CCOCC1C1CC1)c1ccccc1Cl. The number of aliphatic hydroxyl groups excluding tert-OH is 1. The van der Waals surface area contributed by atoms with Crippen LogP contribution in [0.15, 0.2) is 24.3 Å². The minimum absolute atomic E-state index is 0.478. The first kappa shape index (κ1) is 13.4. The first-order valence-corrected chi connectivity index (χ1v) is 7.38. The van der Waals surface area contributed by atoms with Crippen molar-refractivity contribution in [3.8, 4) is 0 Å². The maximum absolute atomic E-state index is 10.4. The van der Waals surface area contributed by atoms with Crippen LogP contribution >= 0.6 is 11.6 Å². The standard InChI is InChI=1S/C15H20ClNO2/c16-13-4-2-1-3-12(13)15(18)9-17-7-8-19-10-14(17)11-5-6-11/h1-4,11,14-15,18H,5-10H2. The maximum Gasteiger partial charge on any atom is 0.0931 e. The molecule has 0 spiro atoms. The third-order valence-electron chi connectivity index (χ3n) is 4.12. The van der Waals surface area contributed by atoms with Crippen molar-refractivity contribution in [2.24, 2.45) is 5.92 Å². The van der Waals surface area contributed by atoms with Crippen molar-refractivity contribution in [1.82, 2.24) is 4.90 Å². The molecule has 1 aromatic carbocycles. The molecule has 1 aliphatic carbocycles. The highest BCUT2D eigenvalue weighted by atomic mass is 35.5. The number of hydrogen-bond donors (Lipinski definition) is 1. The molecule has 2 fully saturated rings. The Morgan fingerprint density at radius 2 is 2.16 bits per heavy atom. The fourth-order valence-corrected chi connectivity index (χ4v) is 3.13. The minimum atomic E-state index is -0.520. The van der Waals surface area contributed by atoms with Gasteiger partial charge in [-0.25, -0.2) is 0 Å². The Bertz CT molecular complexity index is 436. The van der Waals surface area contributed by atoms with E-state index in [4.69, 9.17) is 16.3 Å². The van der Waals surface area contributed by atoms with Crippen molar-refractivity contribution in [2.75, 3.05) is 26.3 Å². The van der Waals surface area contributed by atoms with Crippen molar-refractivity contribution >= 4 is 11.6 Å². The summed E-state index contributed by atoms with van der Waals surface area (Å²) in [5.41, 5.74) is 0.824. The van der Waals surface area contributed by atoms with Crippen molar-refractivity contribution < 1.29 is 9.84 Å². The van der Waals surface area contributed by atoms with Gasteiger partial charge in [-0.2, -0.15) is 0 Å². The van der Waals surface area contributed by atoms with Gasteiger partial charge in [0.2, 0.25) is 0 Å². The Kier molecular flexibility index (Phi) is 4.08. The molecule has 1 saturated carbocycles. The number of ether oxygens (including phenoxy) is 1. The first-order valence-electron chi connectivity index (χ1n) is 7.00. The summed E-state index contributed by atoms with van der Waals surface area (Å²) in [5.74, 6) is 0.763. The van der Waals surface area contributed by atoms with E-state index in [-0.39, 0.29) is 0 Å². The number of morpholine rings is 1. The molecule has 1 aliphatic heterocycles. The third-order valence-corrected chi connectivity index (χ3v) is 4.46. The molecule has 4 heteroatoms. The lowest BCUT2D eigenvalue weighted by Crippen LogP contribution is -2.48. The van der Waals surface area contributed by atoms with E-state index in [0.717, 1.165) is 31.2 Å². The van der Waals surface area contributed by atoms with Crippen LogP contribution in [0.1, 0.15) is 24.5 Å². The van der Waals surface area contributed by atoms with Crippen molar-refractivity contribution in [3.63, 3.8) is 0 Å².